The fraction of sp³-hybridized carbons (Fsp3) is 0.217. The lowest BCUT2D eigenvalue weighted by atomic mass is 10.1. The van der Waals surface area contributed by atoms with Gasteiger partial charge in [0.2, 0.25) is 5.91 Å². The van der Waals surface area contributed by atoms with Gasteiger partial charge < -0.3 is 4.90 Å². The number of likely N-dealkylation sites (N-methyl/N-ethyl adjacent to an activating group) is 1. The first-order chi connectivity index (χ1) is 14.0. The van der Waals surface area contributed by atoms with Crippen LogP contribution < -0.4 is 0 Å². The molecule has 29 heavy (non-hydrogen) atoms. The van der Waals surface area contributed by atoms with Gasteiger partial charge in [-0.1, -0.05) is 60.7 Å². The predicted molar refractivity (Wildman–Crippen MR) is 112 cm³/mol. The third-order valence-electron chi connectivity index (χ3n) is 5.10. The summed E-state index contributed by atoms with van der Waals surface area (Å²) in [5, 5.41) is 4.62. The third-order valence-corrected chi connectivity index (χ3v) is 5.10. The Hall–Kier alpha value is -3.54. The molecule has 0 aliphatic heterocycles. The SMILES string of the molecule is Cc1nc2nc(-c3ccccc3)nn2c(C)c1CC(=O)N(C)Cc1ccccc1. The van der Waals surface area contributed by atoms with Gasteiger partial charge in [-0.15, -0.1) is 5.10 Å². The summed E-state index contributed by atoms with van der Waals surface area (Å²) in [6, 6.07) is 19.8. The minimum atomic E-state index is 0.0459. The van der Waals surface area contributed by atoms with E-state index < -0.39 is 0 Å². The van der Waals surface area contributed by atoms with E-state index in [-0.39, 0.29) is 12.3 Å². The first kappa shape index (κ1) is 18.8. The number of benzene rings is 2. The second-order valence-electron chi connectivity index (χ2n) is 7.19. The fourth-order valence-electron chi connectivity index (χ4n) is 3.41. The Bertz CT molecular complexity index is 1150. The number of carbonyl (C=O) groups is 1. The molecule has 0 fully saturated rings. The Morgan fingerprint density at radius 2 is 1.62 bits per heavy atom. The summed E-state index contributed by atoms with van der Waals surface area (Å²) in [6.45, 7) is 4.46. The van der Waals surface area contributed by atoms with Crippen molar-refractivity contribution in [3.63, 3.8) is 0 Å². The molecule has 146 valence electrons. The van der Waals surface area contributed by atoms with Crippen LogP contribution in [-0.4, -0.2) is 37.4 Å². The molecule has 0 unspecified atom stereocenters. The molecule has 0 spiro atoms. The van der Waals surface area contributed by atoms with Crippen LogP contribution in [0.4, 0.5) is 0 Å². The van der Waals surface area contributed by atoms with Crippen LogP contribution in [0.1, 0.15) is 22.5 Å². The number of fused-ring (bicyclic) bond motifs is 1. The quantitative estimate of drug-likeness (QED) is 0.526. The topological polar surface area (TPSA) is 63.4 Å². The maximum atomic E-state index is 12.8. The summed E-state index contributed by atoms with van der Waals surface area (Å²) in [5.41, 5.74) is 4.64. The number of rotatable bonds is 5. The molecule has 6 nitrogen and oxygen atoms in total. The number of aryl methyl sites for hydroxylation is 2. The molecular weight excluding hydrogens is 362 g/mol. The van der Waals surface area contributed by atoms with E-state index in [1.54, 1.807) is 9.42 Å². The van der Waals surface area contributed by atoms with Crippen LogP contribution in [0, 0.1) is 13.8 Å². The summed E-state index contributed by atoms with van der Waals surface area (Å²) in [4.78, 5) is 23.7. The van der Waals surface area contributed by atoms with Crippen molar-refractivity contribution in [2.75, 3.05) is 7.05 Å². The zero-order valence-corrected chi connectivity index (χ0v) is 16.8. The lowest BCUT2D eigenvalue weighted by Crippen LogP contribution is -2.28. The Morgan fingerprint density at radius 1 is 0.966 bits per heavy atom. The number of carbonyl (C=O) groups excluding carboxylic acids is 1. The zero-order chi connectivity index (χ0) is 20.4. The molecule has 2 aromatic carbocycles. The average molecular weight is 385 g/mol. The van der Waals surface area contributed by atoms with Gasteiger partial charge in [0.15, 0.2) is 5.82 Å². The zero-order valence-electron chi connectivity index (χ0n) is 16.8. The van der Waals surface area contributed by atoms with Crippen LogP contribution in [0.25, 0.3) is 17.2 Å². The molecule has 0 N–H and O–H groups in total. The molecule has 0 saturated carbocycles. The number of hydrogen-bond acceptors (Lipinski definition) is 4. The standard InChI is InChI=1S/C23H23N5O/c1-16-20(14-21(29)27(3)15-18-10-6-4-7-11-18)17(2)28-23(24-16)25-22(26-28)19-12-8-5-9-13-19/h4-13H,14-15H2,1-3H3. The molecule has 6 heteroatoms. The summed E-state index contributed by atoms with van der Waals surface area (Å²) in [7, 11) is 1.83. The van der Waals surface area contributed by atoms with E-state index in [2.05, 4.69) is 15.1 Å². The van der Waals surface area contributed by atoms with Crippen molar-refractivity contribution >= 4 is 11.7 Å². The number of amides is 1. The van der Waals surface area contributed by atoms with Gasteiger partial charge in [0.25, 0.3) is 5.78 Å². The minimum absolute atomic E-state index is 0.0459. The molecule has 0 atom stereocenters. The molecule has 0 aliphatic carbocycles. The van der Waals surface area contributed by atoms with Crippen molar-refractivity contribution in [2.24, 2.45) is 0 Å². The molecule has 2 heterocycles. The number of nitrogens with zero attached hydrogens (tertiary/aromatic N) is 5. The maximum Gasteiger partial charge on any atom is 0.253 e. The largest absolute Gasteiger partial charge is 0.341 e. The van der Waals surface area contributed by atoms with E-state index in [0.717, 1.165) is 28.1 Å². The lowest BCUT2D eigenvalue weighted by molar-refractivity contribution is -0.129. The van der Waals surface area contributed by atoms with Gasteiger partial charge in [-0.3, -0.25) is 4.79 Å². The Labute approximate surface area is 169 Å². The van der Waals surface area contributed by atoms with Gasteiger partial charge in [0, 0.05) is 36.1 Å². The van der Waals surface area contributed by atoms with Gasteiger partial charge in [-0.2, -0.15) is 4.98 Å². The van der Waals surface area contributed by atoms with E-state index >= 15 is 0 Å². The molecule has 0 aliphatic rings. The molecule has 1 amide bonds. The first-order valence-electron chi connectivity index (χ1n) is 9.59. The normalized spacial score (nSPS) is 11.0. The summed E-state index contributed by atoms with van der Waals surface area (Å²) >= 11 is 0. The highest BCUT2D eigenvalue weighted by atomic mass is 16.2. The van der Waals surface area contributed by atoms with Crippen molar-refractivity contribution < 1.29 is 4.79 Å². The van der Waals surface area contributed by atoms with E-state index in [1.165, 1.54) is 0 Å². The van der Waals surface area contributed by atoms with Gasteiger partial charge in [0.05, 0.1) is 6.42 Å². The monoisotopic (exact) mass is 385 g/mol. The molecule has 2 aromatic heterocycles. The maximum absolute atomic E-state index is 12.8. The third kappa shape index (κ3) is 3.87. The van der Waals surface area contributed by atoms with Crippen LogP contribution >= 0.6 is 0 Å². The molecule has 0 bridgehead atoms. The number of hydrogen-bond donors (Lipinski definition) is 0. The summed E-state index contributed by atoms with van der Waals surface area (Å²) in [6.07, 6.45) is 0.282. The van der Waals surface area contributed by atoms with Crippen molar-refractivity contribution in [3.05, 3.63) is 83.2 Å². The van der Waals surface area contributed by atoms with Crippen molar-refractivity contribution in [1.29, 1.82) is 0 Å². The van der Waals surface area contributed by atoms with E-state index in [0.29, 0.717) is 18.1 Å². The smallest absolute Gasteiger partial charge is 0.253 e. The van der Waals surface area contributed by atoms with Crippen LogP contribution in [0.3, 0.4) is 0 Å². The minimum Gasteiger partial charge on any atom is -0.341 e. The van der Waals surface area contributed by atoms with E-state index in [9.17, 15) is 4.79 Å². The van der Waals surface area contributed by atoms with Crippen molar-refractivity contribution in [3.8, 4) is 11.4 Å². The van der Waals surface area contributed by atoms with Gasteiger partial charge in [0.1, 0.15) is 0 Å². The van der Waals surface area contributed by atoms with Crippen LogP contribution in [0.2, 0.25) is 0 Å². The van der Waals surface area contributed by atoms with Gasteiger partial charge >= 0.3 is 0 Å². The summed E-state index contributed by atoms with van der Waals surface area (Å²) < 4.78 is 1.73. The fourth-order valence-corrected chi connectivity index (χ4v) is 3.41. The second kappa shape index (κ2) is 7.83. The van der Waals surface area contributed by atoms with Crippen LogP contribution in [0.15, 0.2) is 60.7 Å². The molecule has 0 saturated heterocycles. The van der Waals surface area contributed by atoms with Gasteiger partial charge in [-0.25, -0.2) is 9.50 Å². The predicted octanol–water partition coefficient (Wildman–Crippen LogP) is 3.61. The molecule has 0 radical (unpaired) electrons. The molecule has 4 rings (SSSR count). The second-order valence-corrected chi connectivity index (χ2v) is 7.19. The van der Waals surface area contributed by atoms with E-state index in [4.69, 9.17) is 0 Å². The summed E-state index contributed by atoms with van der Waals surface area (Å²) in [5.74, 6) is 1.22. The molecule has 4 aromatic rings. The van der Waals surface area contributed by atoms with Gasteiger partial charge in [-0.05, 0) is 19.4 Å². The highest BCUT2D eigenvalue weighted by molar-refractivity contribution is 5.79. The first-order valence-corrected chi connectivity index (χ1v) is 9.59. The van der Waals surface area contributed by atoms with Crippen molar-refractivity contribution in [1.82, 2.24) is 24.5 Å². The average Bonchev–Trinajstić information content (AvgIpc) is 3.16. The Balaban J connectivity index is 1.61. The van der Waals surface area contributed by atoms with Crippen molar-refractivity contribution in [2.45, 2.75) is 26.8 Å². The number of aromatic nitrogens is 4. The van der Waals surface area contributed by atoms with Crippen LogP contribution in [-0.2, 0) is 17.8 Å². The Morgan fingerprint density at radius 3 is 2.31 bits per heavy atom. The van der Waals surface area contributed by atoms with E-state index in [1.807, 2.05) is 81.6 Å². The van der Waals surface area contributed by atoms with Crippen LogP contribution in [0.5, 0.6) is 0 Å². The molecular formula is C23H23N5O. The Kier molecular flexibility index (Phi) is 5.08. The lowest BCUT2D eigenvalue weighted by Gasteiger charge is -2.18. The highest BCUT2D eigenvalue weighted by Gasteiger charge is 2.18. The highest BCUT2D eigenvalue weighted by Crippen LogP contribution is 2.19.